The summed E-state index contributed by atoms with van der Waals surface area (Å²) < 4.78 is 5.13. The molecule has 1 saturated heterocycles. The van der Waals surface area contributed by atoms with Gasteiger partial charge in [-0.1, -0.05) is 36.5 Å². The van der Waals surface area contributed by atoms with Crippen LogP contribution in [0.15, 0.2) is 53.4 Å². The van der Waals surface area contributed by atoms with Gasteiger partial charge in [0.05, 0.1) is 17.7 Å². The molecule has 6 nitrogen and oxygen atoms in total. The second-order valence-electron chi connectivity index (χ2n) is 5.92. The van der Waals surface area contributed by atoms with Crippen LogP contribution in [0.1, 0.15) is 12.0 Å². The minimum absolute atomic E-state index is 0.0103. The van der Waals surface area contributed by atoms with Gasteiger partial charge >= 0.3 is 0 Å². The molecule has 0 spiro atoms. The number of nitrogens with zero attached hydrogens (tertiary/aromatic N) is 1. The molecule has 1 aliphatic heterocycles. The second-order valence-corrected chi connectivity index (χ2v) is 7.30. The number of aromatic hydroxyl groups is 1. The highest BCUT2D eigenvalue weighted by atomic mass is 32.2. The van der Waals surface area contributed by atoms with Crippen molar-refractivity contribution in [3.8, 4) is 11.5 Å². The van der Waals surface area contributed by atoms with E-state index in [-0.39, 0.29) is 29.9 Å². The first kappa shape index (κ1) is 19.9. The molecule has 2 amide bonds. The third-order valence-corrected chi connectivity index (χ3v) is 5.52. The highest BCUT2D eigenvalue weighted by Gasteiger charge is 2.31. The topological polar surface area (TPSA) is 78.9 Å². The van der Waals surface area contributed by atoms with Crippen LogP contribution in [0.25, 0.3) is 6.08 Å². The van der Waals surface area contributed by atoms with Crippen molar-refractivity contribution in [3.05, 3.63) is 59.0 Å². The van der Waals surface area contributed by atoms with E-state index in [1.54, 1.807) is 25.3 Å². The van der Waals surface area contributed by atoms with Gasteiger partial charge in [-0.25, -0.2) is 0 Å². The van der Waals surface area contributed by atoms with Crippen molar-refractivity contribution in [3.63, 3.8) is 0 Å². The summed E-state index contributed by atoms with van der Waals surface area (Å²) in [7, 11) is 1.60. The first-order valence-corrected chi connectivity index (χ1v) is 9.67. The maximum atomic E-state index is 12.3. The largest absolute Gasteiger partial charge is 0.506 e. The molecule has 144 valence electrons. The fourth-order valence-electron chi connectivity index (χ4n) is 2.55. The number of thioether (sulfide) groups is 1. The van der Waals surface area contributed by atoms with Crippen molar-refractivity contribution < 1.29 is 19.4 Å². The van der Waals surface area contributed by atoms with Crippen molar-refractivity contribution >= 4 is 51.9 Å². The molecule has 3 rings (SSSR count). The van der Waals surface area contributed by atoms with Crippen LogP contribution in [0.2, 0.25) is 0 Å². The monoisotopic (exact) mass is 414 g/mol. The van der Waals surface area contributed by atoms with Crippen LogP contribution < -0.4 is 10.1 Å². The minimum Gasteiger partial charge on any atom is -0.506 e. The summed E-state index contributed by atoms with van der Waals surface area (Å²) in [5.41, 5.74) is 1.23. The van der Waals surface area contributed by atoms with Gasteiger partial charge in [0, 0.05) is 13.0 Å². The highest BCUT2D eigenvalue weighted by Crippen LogP contribution is 2.33. The average Bonchev–Trinajstić information content (AvgIpc) is 2.95. The molecule has 1 aliphatic rings. The molecule has 28 heavy (non-hydrogen) atoms. The Balaban J connectivity index is 1.61. The summed E-state index contributed by atoms with van der Waals surface area (Å²) in [4.78, 5) is 26.9. The van der Waals surface area contributed by atoms with Gasteiger partial charge in [0.2, 0.25) is 5.91 Å². The smallest absolute Gasteiger partial charge is 0.291 e. The van der Waals surface area contributed by atoms with E-state index in [0.29, 0.717) is 15.6 Å². The number of para-hydroxylation sites is 2. The number of thiocarbonyl (C=S) groups is 1. The summed E-state index contributed by atoms with van der Waals surface area (Å²) >= 11 is 6.46. The fraction of sp³-hybridized carbons (Fsp3) is 0.150. The lowest BCUT2D eigenvalue weighted by molar-refractivity contribution is -0.116. The number of amides is 2. The number of carbonyl (C=O) groups is 2. The molecular formula is C20H18N2O4S2. The van der Waals surface area contributed by atoms with Crippen LogP contribution in [0.4, 0.5) is 10.5 Å². The normalized spacial score (nSPS) is 15.2. The zero-order valence-electron chi connectivity index (χ0n) is 15.0. The number of benzene rings is 2. The first-order chi connectivity index (χ1) is 13.5. The van der Waals surface area contributed by atoms with Crippen molar-refractivity contribution in [1.82, 2.24) is 4.90 Å². The van der Waals surface area contributed by atoms with Gasteiger partial charge in [0.1, 0.15) is 16.5 Å². The van der Waals surface area contributed by atoms with Gasteiger partial charge in [-0.3, -0.25) is 14.5 Å². The van der Waals surface area contributed by atoms with E-state index < -0.39 is 0 Å². The number of carbonyl (C=O) groups excluding carboxylic acids is 2. The van der Waals surface area contributed by atoms with E-state index in [9.17, 15) is 14.7 Å². The van der Waals surface area contributed by atoms with E-state index in [1.165, 1.54) is 11.0 Å². The Morgan fingerprint density at radius 3 is 2.64 bits per heavy atom. The number of methoxy groups -OCH3 is 1. The number of anilines is 1. The van der Waals surface area contributed by atoms with Crippen LogP contribution in [0.3, 0.4) is 0 Å². The SMILES string of the molecule is COc1ccc(/C=C2/SC(=O)N(CCC(=O)Nc3ccccc3O)C2=S)cc1. The zero-order chi connectivity index (χ0) is 20.1. The third-order valence-electron chi connectivity index (χ3n) is 4.03. The lowest BCUT2D eigenvalue weighted by Crippen LogP contribution is -2.30. The first-order valence-electron chi connectivity index (χ1n) is 8.45. The van der Waals surface area contributed by atoms with Gasteiger partial charge < -0.3 is 15.2 Å². The number of hydrogen-bond donors (Lipinski definition) is 2. The number of phenols is 1. The minimum atomic E-state index is -0.310. The maximum Gasteiger partial charge on any atom is 0.291 e. The lowest BCUT2D eigenvalue weighted by Gasteiger charge is -2.14. The van der Waals surface area contributed by atoms with Gasteiger partial charge in [-0.05, 0) is 47.7 Å². The molecule has 0 saturated carbocycles. The molecule has 0 radical (unpaired) electrons. The lowest BCUT2D eigenvalue weighted by atomic mass is 10.2. The van der Waals surface area contributed by atoms with Gasteiger partial charge in [-0.2, -0.15) is 0 Å². The fourth-order valence-corrected chi connectivity index (χ4v) is 3.84. The number of hydrogen-bond acceptors (Lipinski definition) is 6. The van der Waals surface area contributed by atoms with Crippen molar-refractivity contribution in [2.45, 2.75) is 6.42 Å². The molecule has 0 aromatic heterocycles. The highest BCUT2D eigenvalue weighted by molar-refractivity contribution is 8.19. The van der Waals surface area contributed by atoms with Crippen LogP contribution in [0.5, 0.6) is 11.5 Å². The number of ether oxygens (including phenoxy) is 1. The van der Waals surface area contributed by atoms with Crippen molar-refractivity contribution in [1.29, 1.82) is 0 Å². The number of rotatable bonds is 6. The van der Waals surface area contributed by atoms with Crippen LogP contribution in [0, 0.1) is 0 Å². The Hall–Kier alpha value is -2.84. The summed E-state index contributed by atoms with van der Waals surface area (Å²) in [5.74, 6) is 0.426. The molecule has 0 atom stereocenters. The molecule has 2 N–H and O–H groups in total. The summed E-state index contributed by atoms with van der Waals surface area (Å²) in [6.45, 7) is 0.171. The van der Waals surface area contributed by atoms with E-state index >= 15 is 0 Å². The maximum absolute atomic E-state index is 12.3. The molecule has 2 aromatic carbocycles. The number of nitrogens with one attached hydrogen (secondary N) is 1. The Kier molecular flexibility index (Phi) is 6.33. The Morgan fingerprint density at radius 2 is 1.96 bits per heavy atom. The Labute approximate surface area is 172 Å². The van der Waals surface area contributed by atoms with Crippen LogP contribution >= 0.6 is 24.0 Å². The summed E-state index contributed by atoms with van der Waals surface area (Å²) in [6.07, 6.45) is 1.91. The summed E-state index contributed by atoms with van der Waals surface area (Å²) in [6, 6.07) is 13.9. The van der Waals surface area contributed by atoms with E-state index in [0.717, 1.165) is 23.1 Å². The predicted molar refractivity (Wildman–Crippen MR) is 115 cm³/mol. The zero-order valence-corrected chi connectivity index (χ0v) is 16.7. The molecule has 1 fully saturated rings. The quantitative estimate of drug-likeness (QED) is 0.418. The molecule has 0 unspecified atom stereocenters. The van der Waals surface area contributed by atoms with Gasteiger partial charge in [0.15, 0.2) is 0 Å². The van der Waals surface area contributed by atoms with Gasteiger partial charge in [0.25, 0.3) is 5.24 Å². The Morgan fingerprint density at radius 1 is 1.25 bits per heavy atom. The van der Waals surface area contributed by atoms with E-state index in [2.05, 4.69) is 5.32 Å². The molecule has 0 aliphatic carbocycles. The molecule has 0 bridgehead atoms. The Bertz CT molecular complexity index is 941. The molecule has 1 heterocycles. The predicted octanol–water partition coefficient (Wildman–Crippen LogP) is 4.27. The standard InChI is InChI=1S/C20H18N2O4S2/c1-26-14-8-6-13(7-9-14)12-17-19(27)22(20(25)28-17)11-10-18(24)21-15-4-2-3-5-16(15)23/h2-9,12,23H,10-11H2,1H3,(H,21,24)/b17-12+. The second kappa shape index (κ2) is 8.90. The third kappa shape index (κ3) is 4.71. The van der Waals surface area contributed by atoms with Crippen molar-refractivity contribution in [2.24, 2.45) is 0 Å². The van der Waals surface area contributed by atoms with E-state index in [1.807, 2.05) is 30.3 Å². The van der Waals surface area contributed by atoms with Gasteiger partial charge in [-0.15, -0.1) is 0 Å². The average molecular weight is 415 g/mol. The summed E-state index contributed by atoms with van der Waals surface area (Å²) in [5, 5.41) is 12.1. The van der Waals surface area contributed by atoms with Crippen molar-refractivity contribution in [2.75, 3.05) is 19.0 Å². The van der Waals surface area contributed by atoms with Crippen LogP contribution in [-0.2, 0) is 4.79 Å². The van der Waals surface area contributed by atoms with Crippen LogP contribution in [-0.4, -0.2) is 39.8 Å². The molecule has 8 heteroatoms. The number of phenolic OH excluding ortho intramolecular Hbond substituents is 1. The molecular weight excluding hydrogens is 396 g/mol. The van der Waals surface area contributed by atoms with E-state index in [4.69, 9.17) is 17.0 Å². The molecule has 2 aromatic rings.